The van der Waals surface area contributed by atoms with Crippen molar-refractivity contribution >= 4 is 38.4 Å². The Hall–Kier alpha value is -1.18. The second kappa shape index (κ2) is 7.15. The van der Waals surface area contributed by atoms with E-state index in [0.717, 1.165) is 4.88 Å². The van der Waals surface area contributed by atoms with Crippen LogP contribution in [0, 0.1) is 5.41 Å². The van der Waals surface area contributed by atoms with Crippen LogP contribution in [-0.4, -0.2) is 20.9 Å². The highest BCUT2D eigenvalue weighted by Crippen LogP contribution is 2.33. The van der Waals surface area contributed by atoms with Gasteiger partial charge in [-0.3, -0.25) is 4.79 Å². The maximum atomic E-state index is 12.9. The van der Waals surface area contributed by atoms with Crippen molar-refractivity contribution in [2.24, 2.45) is 5.41 Å². The van der Waals surface area contributed by atoms with E-state index in [-0.39, 0.29) is 17.9 Å². The van der Waals surface area contributed by atoms with Gasteiger partial charge in [0.1, 0.15) is 9.46 Å². The molecule has 0 aromatic carbocycles. The van der Waals surface area contributed by atoms with Gasteiger partial charge in [-0.15, -0.1) is 22.7 Å². The molecule has 0 radical (unpaired) electrons. The van der Waals surface area contributed by atoms with Crippen molar-refractivity contribution < 1.29 is 13.2 Å². The van der Waals surface area contributed by atoms with Crippen molar-refractivity contribution in [3.63, 3.8) is 0 Å². The number of carbonyl (C=O) groups excluding carboxylic acids is 1. The Morgan fingerprint density at radius 1 is 1.17 bits per heavy atom. The third kappa shape index (κ3) is 4.89. The zero-order valence-electron chi connectivity index (χ0n) is 13.4. The molecule has 0 aliphatic rings. The first-order chi connectivity index (χ1) is 10.7. The van der Waals surface area contributed by atoms with Gasteiger partial charge in [0.25, 0.3) is 0 Å². The fourth-order valence-corrected chi connectivity index (χ4v) is 6.14. The van der Waals surface area contributed by atoms with Crippen LogP contribution in [0.1, 0.15) is 37.3 Å². The normalized spacial score (nSPS) is 13.7. The van der Waals surface area contributed by atoms with Gasteiger partial charge in [-0.2, -0.15) is 0 Å². The SMILES string of the molecule is CC(C)(C)CC(=O)NC[C@H](c1cccs1)S(=O)(=O)c1cccs1. The summed E-state index contributed by atoms with van der Waals surface area (Å²) >= 11 is 2.60. The van der Waals surface area contributed by atoms with Gasteiger partial charge in [0.2, 0.25) is 5.91 Å². The van der Waals surface area contributed by atoms with Crippen LogP contribution in [0.4, 0.5) is 0 Å². The Morgan fingerprint density at radius 2 is 1.83 bits per heavy atom. The third-order valence-electron chi connectivity index (χ3n) is 3.19. The second-order valence-corrected chi connectivity index (χ2v) is 10.8. The number of amides is 1. The van der Waals surface area contributed by atoms with E-state index in [4.69, 9.17) is 0 Å². The average molecular weight is 372 g/mol. The molecule has 7 heteroatoms. The molecule has 2 aromatic heterocycles. The van der Waals surface area contributed by atoms with Crippen LogP contribution >= 0.6 is 22.7 Å². The minimum atomic E-state index is -3.51. The summed E-state index contributed by atoms with van der Waals surface area (Å²) in [6, 6.07) is 6.96. The Balaban J connectivity index is 2.19. The lowest BCUT2D eigenvalue weighted by Gasteiger charge is -2.20. The standard InChI is InChI=1S/C16H21NO3S3/c1-16(2,3)10-14(18)17-11-13(12-6-4-8-21-12)23(19,20)15-7-5-9-22-15/h4-9,13H,10-11H2,1-3H3,(H,17,18)/t13-/m1/s1. The maximum absolute atomic E-state index is 12.9. The molecule has 2 aromatic rings. The maximum Gasteiger partial charge on any atom is 0.220 e. The van der Waals surface area contributed by atoms with Crippen molar-refractivity contribution in [2.45, 2.75) is 36.7 Å². The molecule has 2 rings (SSSR count). The van der Waals surface area contributed by atoms with Crippen LogP contribution in [0.2, 0.25) is 0 Å². The third-order valence-corrected chi connectivity index (χ3v) is 7.84. The highest BCUT2D eigenvalue weighted by atomic mass is 32.2. The molecule has 0 aliphatic heterocycles. The minimum absolute atomic E-state index is 0.0929. The summed E-state index contributed by atoms with van der Waals surface area (Å²) in [6.07, 6.45) is 0.364. The van der Waals surface area contributed by atoms with Crippen molar-refractivity contribution in [2.75, 3.05) is 6.54 Å². The van der Waals surface area contributed by atoms with Crippen LogP contribution in [-0.2, 0) is 14.6 Å². The smallest absolute Gasteiger partial charge is 0.220 e. The molecule has 126 valence electrons. The quantitative estimate of drug-likeness (QED) is 0.838. The number of carbonyl (C=O) groups is 1. The number of hydrogen-bond acceptors (Lipinski definition) is 5. The zero-order valence-corrected chi connectivity index (χ0v) is 15.9. The number of sulfone groups is 1. The predicted octanol–water partition coefficient (Wildman–Crippen LogP) is 3.88. The summed E-state index contributed by atoms with van der Waals surface area (Å²) in [5.41, 5.74) is -0.130. The van der Waals surface area contributed by atoms with Gasteiger partial charge < -0.3 is 5.32 Å². The molecule has 23 heavy (non-hydrogen) atoms. The monoisotopic (exact) mass is 371 g/mol. The molecular weight excluding hydrogens is 350 g/mol. The molecule has 1 atom stereocenters. The van der Waals surface area contributed by atoms with Gasteiger partial charge in [-0.1, -0.05) is 32.9 Å². The summed E-state index contributed by atoms with van der Waals surface area (Å²) in [6.45, 7) is 6.03. The zero-order chi connectivity index (χ0) is 17.1. The van der Waals surface area contributed by atoms with Crippen molar-refractivity contribution in [1.82, 2.24) is 5.32 Å². The Bertz CT molecular complexity index is 726. The molecule has 0 bridgehead atoms. The Kier molecular flexibility index (Phi) is 5.65. The summed E-state index contributed by atoms with van der Waals surface area (Å²) in [7, 11) is -3.51. The van der Waals surface area contributed by atoms with Gasteiger partial charge in [0.05, 0.1) is 0 Å². The first kappa shape index (κ1) is 18.2. The van der Waals surface area contributed by atoms with Gasteiger partial charge in [-0.25, -0.2) is 8.42 Å². The fourth-order valence-electron chi connectivity index (χ4n) is 2.15. The molecular formula is C16H21NO3S3. The van der Waals surface area contributed by atoms with E-state index in [1.807, 2.05) is 32.2 Å². The lowest BCUT2D eigenvalue weighted by atomic mass is 9.92. The van der Waals surface area contributed by atoms with E-state index in [0.29, 0.717) is 10.6 Å². The predicted molar refractivity (Wildman–Crippen MR) is 95.6 cm³/mol. The Labute approximate surface area is 145 Å². The van der Waals surface area contributed by atoms with E-state index >= 15 is 0 Å². The topological polar surface area (TPSA) is 63.2 Å². The molecule has 2 heterocycles. The summed E-state index contributed by atoms with van der Waals surface area (Å²) < 4.78 is 26.0. The molecule has 0 saturated carbocycles. The first-order valence-electron chi connectivity index (χ1n) is 7.28. The van der Waals surface area contributed by atoms with E-state index in [2.05, 4.69) is 5.32 Å². The van der Waals surface area contributed by atoms with Crippen LogP contribution in [0.15, 0.2) is 39.2 Å². The molecule has 0 fully saturated rings. The van der Waals surface area contributed by atoms with Crippen LogP contribution in [0.25, 0.3) is 0 Å². The van der Waals surface area contributed by atoms with Gasteiger partial charge in [0.15, 0.2) is 9.84 Å². The molecule has 1 N–H and O–H groups in total. The highest BCUT2D eigenvalue weighted by molar-refractivity contribution is 7.93. The van der Waals surface area contributed by atoms with Crippen LogP contribution < -0.4 is 5.32 Å². The van der Waals surface area contributed by atoms with Crippen LogP contribution in [0.5, 0.6) is 0 Å². The van der Waals surface area contributed by atoms with Crippen molar-refractivity contribution in [1.29, 1.82) is 0 Å². The summed E-state index contributed by atoms with van der Waals surface area (Å²) in [5, 5.41) is 5.64. The lowest BCUT2D eigenvalue weighted by molar-refractivity contribution is -0.122. The molecule has 4 nitrogen and oxygen atoms in total. The van der Waals surface area contributed by atoms with Crippen LogP contribution in [0.3, 0.4) is 0 Å². The number of hydrogen-bond donors (Lipinski definition) is 1. The van der Waals surface area contributed by atoms with Gasteiger partial charge in [0, 0.05) is 17.8 Å². The second-order valence-electron chi connectivity index (χ2n) is 6.52. The largest absolute Gasteiger partial charge is 0.354 e. The van der Waals surface area contributed by atoms with E-state index in [9.17, 15) is 13.2 Å². The van der Waals surface area contributed by atoms with E-state index in [1.165, 1.54) is 22.7 Å². The van der Waals surface area contributed by atoms with E-state index in [1.54, 1.807) is 23.6 Å². The summed E-state index contributed by atoms with van der Waals surface area (Å²) in [4.78, 5) is 12.8. The Morgan fingerprint density at radius 3 is 2.35 bits per heavy atom. The molecule has 0 aliphatic carbocycles. The van der Waals surface area contributed by atoms with Crippen molar-refractivity contribution in [3.05, 3.63) is 39.9 Å². The minimum Gasteiger partial charge on any atom is -0.354 e. The molecule has 0 unspecified atom stereocenters. The van der Waals surface area contributed by atoms with Crippen molar-refractivity contribution in [3.8, 4) is 0 Å². The molecule has 1 amide bonds. The molecule has 0 spiro atoms. The number of nitrogens with one attached hydrogen (secondary N) is 1. The number of thiophene rings is 2. The first-order valence-corrected chi connectivity index (χ1v) is 10.6. The number of rotatable bonds is 6. The lowest BCUT2D eigenvalue weighted by Crippen LogP contribution is -2.33. The van der Waals surface area contributed by atoms with Gasteiger partial charge >= 0.3 is 0 Å². The van der Waals surface area contributed by atoms with E-state index < -0.39 is 15.1 Å². The fraction of sp³-hybridized carbons (Fsp3) is 0.438. The summed E-state index contributed by atoms with van der Waals surface area (Å²) in [5.74, 6) is -0.125. The average Bonchev–Trinajstić information content (AvgIpc) is 3.10. The van der Waals surface area contributed by atoms with Gasteiger partial charge in [-0.05, 0) is 28.3 Å². The highest BCUT2D eigenvalue weighted by Gasteiger charge is 2.31. The molecule has 0 saturated heterocycles.